The van der Waals surface area contributed by atoms with Gasteiger partial charge in [0, 0.05) is 11.6 Å². The molecule has 1 atom stereocenters. The summed E-state index contributed by atoms with van der Waals surface area (Å²) in [5.74, 6) is 0.776. The van der Waals surface area contributed by atoms with Crippen LogP contribution in [0.1, 0.15) is 0 Å². The van der Waals surface area contributed by atoms with Crippen molar-refractivity contribution >= 4 is 21.6 Å². The highest BCUT2D eigenvalue weighted by Gasteiger charge is 2.08. The zero-order valence-corrected chi connectivity index (χ0v) is 9.51. The molecule has 0 spiro atoms. The van der Waals surface area contributed by atoms with Crippen LogP contribution in [0.4, 0.5) is 0 Å². The van der Waals surface area contributed by atoms with Gasteiger partial charge in [0.05, 0.1) is 22.8 Å². The largest absolute Gasteiger partial charge is 0.496 e. The van der Waals surface area contributed by atoms with Crippen LogP contribution in [-0.2, 0) is 10.8 Å². The predicted molar refractivity (Wildman–Crippen MR) is 62.8 cm³/mol. The first kappa shape index (κ1) is 10.2. The van der Waals surface area contributed by atoms with E-state index in [1.54, 1.807) is 13.4 Å². The van der Waals surface area contributed by atoms with Crippen molar-refractivity contribution in [3.8, 4) is 5.75 Å². The second kappa shape index (κ2) is 4.03. The molecule has 2 aromatic rings. The molecule has 0 amide bonds. The summed E-state index contributed by atoms with van der Waals surface area (Å²) in [6, 6.07) is 11.6. The van der Waals surface area contributed by atoms with Crippen molar-refractivity contribution < 1.29 is 8.95 Å². The van der Waals surface area contributed by atoms with Gasteiger partial charge in [-0.25, -0.2) is 0 Å². The number of hydrogen-bond acceptors (Lipinski definition) is 2. The van der Waals surface area contributed by atoms with E-state index < -0.39 is 10.8 Å². The van der Waals surface area contributed by atoms with Crippen molar-refractivity contribution in [1.82, 2.24) is 0 Å². The minimum Gasteiger partial charge on any atom is -0.496 e. The van der Waals surface area contributed by atoms with Crippen LogP contribution in [0.15, 0.2) is 41.3 Å². The van der Waals surface area contributed by atoms with Gasteiger partial charge in [-0.05, 0) is 17.5 Å². The van der Waals surface area contributed by atoms with E-state index in [4.69, 9.17) is 4.74 Å². The van der Waals surface area contributed by atoms with Crippen molar-refractivity contribution in [2.45, 2.75) is 4.90 Å². The highest BCUT2D eigenvalue weighted by atomic mass is 32.2. The van der Waals surface area contributed by atoms with Gasteiger partial charge in [-0.2, -0.15) is 0 Å². The second-order valence-corrected chi connectivity index (χ2v) is 4.62. The van der Waals surface area contributed by atoms with E-state index >= 15 is 0 Å². The van der Waals surface area contributed by atoms with Gasteiger partial charge in [0.2, 0.25) is 0 Å². The van der Waals surface area contributed by atoms with E-state index in [0.717, 1.165) is 21.4 Å². The Morgan fingerprint density at radius 3 is 2.40 bits per heavy atom. The number of ether oxygens (including phenoxy) is 1. The van der Waals surface area contributed by atoms with Crippen LogP contribution in [0.3, 0.4) is 0 Å². The molecule has 0 saturated carbocycles. The van der Waals surface area contributed by atoms with Gasteiger partial charge in [-0.3, -0.25) is 4.21 Å². The molecule has 78 valence electrons. The maximum atomic E-state index is 11.6. The smallest absolute Gasteiger partial charge is 0.127 e. The van der Waals surface area contributed by atoms with Crippen LogP contribution in [0.25, 0.3) is 10.8 Å². The monoisotopic (exact) mass is 220 g/mol. The van der Waals surface area contributed by atoms with Gasteiger partial charge >= 0.3 is 0 Å². The van der Waals surface area contributed by atoms with Gasteiger partial charge in [0.1, 0.15) is 5.75 Å². The summed E-state index contributed by atoms with van der Waals surface area (Å²) in [7, 11) is 0.634. The molecule has 2 rings (SSSR count). The Balaban J connectivity index is 2.87. The van der Waals surface area contributed by atoms with Crippen LogP contribution >= 0.6 is 0 Å². The lowest BCUT2D eigenvalue weighted by Gasteiger charge is -2.08. The summed E-state index contributed by atoms with van der Waals surface area (Å²) in [4.78, 5) is 0.824. The van der Waals surface area contributed by atoms with Crippen molar-refractivity contribution in [3.05, 3.63) is 36.4 Å². The zero-order chi connectivity index (χ0) is 10.8. The van der Waals surface area contributed by atoms with Gasteiger partial charge in [0.25, 0.3) is 0 Å². The SMILES string of the molecule is COc1cccc2cccc(S(C)=O)c12. The average molecular weight is 220 g/mol. The minimum absolute atomic E-state index is 0.776. The molecule has 0 aliphatic rings. The first-order chi connectivity index (χ1) is 7.24. The van der Waals surface area contributed by atoms with Crippen LogP contribution in [-0.4, -0.2) is 17.6 Å². The molecule has 15 heavy (non-hydrogen) atoms. The maximum Gasteiger partial charge on any atom is 0.127 e. The third-order valence-electron chi connectivity index (χ3n) is 2.36. The molecule has 0 fully saturated rings. The molecule has 0 saturated heterocycles. The van der Waals surface area contributed by atoms with Crippen molar-refractivity contribution in [2.24, 2.45) is 0 Å². The van der Waals surface area contributed by atoms with Crippen molar-refractivity contribution in [3.63, 3.8) is 0 Å². The Hall–Kier alpha value is -1.35. The molecule has 0 bridgehead atoms. The topological polar surface area (TPSA) is 26.3 Å². The summed E-state index contributed by atoms with van der Waals surface area (Å²) < 4.78 is 16.9. The number of rotatable bonds is 2. The Morgan fingerprint density at radius 1 is 1.13 bits per heavy atom. The molecular weight excluding hydrogens is 208 g/mol. The first-order valence-electron chi connectivity index (χ1n) is 4.63. The molecule has 0 N–H and O–H groups in total. The van der Waals surface area contributed by atoms with Crippen molar-refractivity contribution in [2.75, 3.05) is 13.4 Å². The number of methoxy groups -OCH3 is 1. The van der Waals surface area contributed by atoms with Crippen LogP contribution in [0.5, 0.6) is 5.75 Å². The summed E-state index contributed by atoms with van der Waals surface area (Å²) in [6.45, 7) is 0. The van der Waals surface area contributed by atoms with Gasteiger partial charge in [-0.1, -0.05) is 24.3 Å². The lowest BCUT2D eigenvalue weighted by Crippen LogP contribution is -1.92. The molecule has 0 aromatic heterocycles. The molecule has 2 nitrogen and oxygen atoms in total. The Morgan fingerprint density at radius 2 is 1.80 bits per heavy atom. The molecule has 0 aliphatic carbocycles. The van der Waals surface area contributed by atoms with E-state index in [9.17, 15) is 4.21 Å². The predicted octanol–water partition coefficient (Wildman–Crippen LogP) is 2.59. The molecule has 1 unspecified atom stereocenters. The molecule has 2 aromatic carbocycles. The number of fused-ring (bicyclic) bond motifs is 1. The lowest BCUT2D eigenvalue weighted by atomic mass is 10.1. The maximum absolute atomic E-state index is 11.6. The summed E-state index contributed by atoms with van der Waals surface area (Å²) in [5, 5.41) is 2.00. The molecular formula is C12H12O2S. The van der Waals surface area contributed by atoms with Gasteiger partial charge in [-0.15, -0.1) is 0 Å². The first-order valence-corrected chi connectivity index (χ1v) is 6.19. The van der Waals surface area contributed by atoms with E-state index in [2.05, 4.69) is 0 Å². The molecule has 0 radical (unpaired) electrons. The van der Waals surface area contributed by atoms with E-state index in [0.29, 0.717) is 0 Å². The van der Waals surface area contributed by atoms with E-state index in [1.807, 2.05) is 36.4 Å². The third kappa shape index (κ3) is 1.75. The average Bonchev–Trinajstić information content (AvgIpc) is 2.27. The zero-order valence-electron chi connectivity index (χ0n) is 8.69. The number of hydrogen-bond donors (Lipinski definition) is 0. The number of benzene rings is 2. The highest BCUT2D eigenvalue weighted by Crippen LogP contribution is 2.30. The third-order valence-corrected chi connectivity index (χ3v) is 3.32. The van der Waals surface area contributed by atoms with Gasteiger partial charge in [0.15, 0.2) is 0 Å². The van der Waals surface area contributed by atoms with Gasteiger partial charge < -0.3 is 4.74 Å². The fourth-order valence-electron chi connectivity index (χ4n) is 1.68. The Kier molecular flexibility index (Phi) is 2.73. The lowest BCUT2D eigenvalue weighted by molar-refractivity contribution is 0.419. The van der Waals surface area contributed by atoms with Crippen LogP contribution in [0.2, 0.25) is 0 Å². The second-order valence-electron chi connectivity index (χ2n) is 3.27. The molecule has 0 aliphatic heterocycles. The quantitative estimate of drug-likeness (QED) is 0.777. The van der Waals surface area contributed by atoms with E-state index in [1.165, 1.54) is 0 Å². The molecule has 0 heterocycles. The Labute approximate surface area is 91.3 Å². The molecule has 3 heteroatoms. The van der Waals surface area contributed by atoms with Crippen LogP contribution < -0.4 is 4.74 Å². The fourth-order valence-corrected chi connectivity index (χ4v) is 2.46. The summed E-state index contributed by atoms with van der Waals surface area (Å²) in [5.41, 5.74) is 0. The van der Waals surface area contributed by atoms with E-state index in [-0.39, 0.29) is 0 Å². The fraction of sp³-hybridized carbons (Fsp3) is 0.167. The Bertz CT molecular complexity index is 515. The standard InChI is InChI=1S/C12H12O2S/c1-14-10-7-3-5-9-6-4-8-11(12(9)10)15(2)13/h3-8H,1-2H3. The minimum atomic E-state index is -0.995. The normalized spacial score (nSPS) is 12.7. The van der Waals surface area contributed by atoms with Crippen LogP contribution in [0, 0.1) is 0 Å². The summed E-state index contributed by atoms with van der Waals surface area (Å²) >= 11 is 0. The summed E-state index contributed by atoms with van der Waals surface area (Å²) in [6.07, 6.45) is 1.68. The van der Waals surface area contributed by atoms with Crippen molar-refractivity contribution in [1.29, 1.82) is 0 Å². The highest BCUT2D eigenvalue weighted by molar-refractivity contribution is 7.84.